The van der Waals surface area contributed by atoms with Gasteiger partial charge in [0.25, 0.3) is 5.91 Å². The second-order valence-corrected chi connectivity index (χ2v) is 7.36. The van der Waals surface area contributed by atoms with E-state index in [9.17, 15) is 13.2 Å². The molecule has 1 heterocycles. The molecular weight excluding hydrogens is 338 g/mol. The predicted octanol–water partition coefficient (Wildman–Crippen LogP) is 1.74. The van der Waals surface area contributed by atoms with E-state index in [1.54, 1.807) is 31.2 Å². The van der Waals surface area contributed by atoms with Gasteiger partial charge in [-0.15, -0.1) is 12.4 Å². The number of amides is 1. The molecule has 0 saturated carbocycles. The average Bonchev–Trinajstić information content (AvgIpc) is 2.48. The minimum atomic E-state index is -3.35. The molecule has 130 valence electrons. The summed E-state index contributed by atoms with van der Waals surface area (Å²) in [5.74, 6) is -0.109. The van der Waals surface area contributed by atoms with Gasteiger partial charge in [-0.05, 0) is 44.0 Å². The highest BCUT2D eigenvalue weighted by Crippen LogP contribution is 2.13. The number of rotatable bonds is 6. The molecule has 0 bridgehead atoms. The Morgan fingerprint density at radius 1 is 1.39 bits per heavy atom. The normalized spacial score (nSPS) is 17.9. The van der Waals surface area contributed by atoms with Crippen LogP contribution in [-0.4, -0.2) is 39.2 Å². The average molecular weight is 362 g/mol. The summed E-state index contributed by atoms with van der Waals surface area (Å²) in [5.41, 5.74) is 0.880. The van der Waals surface area contributed by atoms with Crippen LogP contribution in [0.3, 0.4) is 0 Å². The Morgan fingerprint density at radius 2 is 2.17 bits per heavy atom. The van der Waals surface area contributed by atoms with Gasteiger partial charge >= 0.3 is 0 Å². The number of hydrogen-bond donors (Lipinski definition) is 3. The highest BCUT2D eigenvalue weighted by Gasteiger charge is 2.17. The van der Waals surface area contributed by atoms with Crippen LogP contribution >= 0.6 is 12.4 Å². The molecule has 8 heteroatoms. The monoisotopic (exact) mass is 361 g/mol. The molecule has 1 atom stereocenters. The summed E-state index contributed by atoms with van der Waals surface area (Å²) in [6.45, 7) is 3.57. The van der Waals surface area contributed by atoms with Gasteiger partial charge in [-0.1, -0.05) is 13.0 Å². The number of halogens is 1. The van der Waals surface area contributed by atoms with Gasteiger partial charge in [-0.2, -0.15) is 0 Å². The summed E-state index contributed by atoms with van der Waals surface area (Å²) in [5, 5.41) is 6.21. The molecule has 1 aliphatic heterocycles. The maximum Gasteiger partial charge on any atom is 0.251 e. The molecule has 1 fully saturated rings. The SMILES string of the molecule is CCCS(=O)(=O)Nc1cccc(C(=O)N[C@H]2CCCNC2)c1.Cl. The first-order valence-corrected chi connectivity index (χ1v) is 9.27. The molecule has 0 aromatic heterocycles. The van der Waals surface area contributed by atoms with Gasteiger partial charge in [-0.25, -0.2) is 8.42 Å². The smallest absolute Gasteiger partial charge is 0.251 e. The van der Waals surface area contributed by atoms with E-state index in [0.29, 0.717) is 17.7 Å². The third kappa shape index (κ3) is 6.37. The van der Waals surface area contributed by atoms with Crippen molar-refractivity contribution in [3.05, 3.63) is 29.8 Å². The number of sulfonamides is 1. The Hall–Kier alpha value is -1.31. The van der Waals surface area contributed by atoms with Crippen molar-refractivity contribution in [1.29, 1.82) is 0 Å². The van der Waals surface area contributed by atoms with Gasteiger partial charge in [0.05, 0.1) is 5.75 Å². The quantitative estimate of drug-likeness (QED) is 0.720. The molecule has 1 saturated heterocycles. The van der Waals surface area contributed by atoms with E-state index >= 15 is 0 Å². The van der Waals surface area contributed by atoms with Crippen LogP contribution in [0.1, 0.15) is 36.5 Å². The molecular formula is C15H24ClN3O3S. The van der Waals surface area contributed by atoms with E-state index in [2.05, 4.69) is 15.4 Å². The van der Waals surface area contributed by atoms with Crippen molar-refractivity contribution in [2.75, 3.05) is 23.6 Å². The van der Waals surface area contributed by atoms with Crippen molar-refractivity contribution in [3.8, 4) is 0 Å². The summed E-state index contributed by atoms with van der Waals surface area (Å²) in [4.78, 5) is 12.2. The van der Waals surface area contributed by atoms with Gasteiger partial charge < -0.3 is 10.6 Å². The number of benzene rings is 1. The summed E-state index contributed by atoms with van der Waals surface area (Å²) in [6.07, 6.45) is 2.55. The topological polar surface area (TPSA) is 87.3 Å². The number of hydrogen-bond acceptors (Lipinski definition) is 4. The predicted molar refractivity (Wildman–Crippen MR) is 94.7 cm³/mol. The summed E-state index contributed by atoms with van der Waals surface area (Å²) >= 11 is 0. The number of piperidine rings is 1. The minimum Gasteiger partial charge on any atom is -0.348 e. The van der Waals surface area contributed by atoms with E-state index in [0.717, 1.165) is 25.9 Å². The fraction of sp³-hybridized carbons (Fsp3) is 0.533. The van der Waals surface area contributed by atoms with Crippen molar-refractivity contribution < 1.29 is 13.2 Å². The van der Waals surface area contributed by atoms with Crippen LogP contribution in [0, 0.1) is 0 Å². The Bertz CT molecular complexity index is 616. The van der Waals surface area contributed by atoms with Crippen LogP contribution in [0.2, 0.25) is 0 Å². The van der Waals surface area contributed by atoms with Gasteiger partial charge in [0.1, 0.15) is 0 Å². The van der Waals surface area contributed by atoms with Gasteiger partial charge in [0.15, 0.2) is 0 Å². The fourth-order valence-corrected chi connectivity index (χ4v) is 3.59. The standard InChI is InChI=1S/C15H23N3O3S.ClH/c1-2-9-22(20,21)18-13-6-3-5-12(10-13)15(19)17-14-7-4-8-16-11-14;/h3,5-6,10,14,16,18H,2,4,7-9,11H2,1H3,(H,17,19);1H/t14-;/m0./s1. The van der Waals surface area contributed by atoms with Crippen LogP contribution in [0.5, 0.6) is 0 Å². The molecule has 1 amide bonds. The fourth-order valence-electron chi connectivity index (χ4n) is 2.47. The summed E-state index contributed by atoms with van der Waals surface area (Å²) in [6, 6.07) is 6.70. The van der Waals surface area contributed by atoms with Crippen LogP contribution in [0.4, 0.5) is 5.69 Å². The molecule has 0 radical (unpaired) electrons. The van der Waals surface area contributed by atoms with E-state index < -0.39 is 10.0 Å². The Balaban J connectivity index is 0.00000264. The summed E-state index contributed by atoms with van der Waals surface area (Å²) in [7, 11) is -3.35. The van der Waals surface area contributed by atoms with Crippen molar-refractivity contribution in [1.82, 2.24) is 10.6 Å². The van der Waals surface area contributed by atoms with Crippen molar-refractivity contribution in [3.63, 3.8) is 0 Å². The second kappa shape index (κ2) is 9.10. The number of carbonyl (C=O) groups is 1. The Kier molecular flexibility index (Phi) is 7.81. The Labute approximate surface area is 143 Å². The number of carbonyl (C=O) groups excluding carboxylic acids is 1. The van der Waals surface area contributed by atoms with Crippen molar-refractivity contribution in [2.45, 2.75) is 32.2 Å². The van der Waals surface area contributed by atoms with Gasteiger partial charge in [0.2, 0.25) is 10.0 Å². The van der Waals surface area contributed by atoms with Gasteiger partial charge in [0, 0.05) is 23.8 Å². The van der Waals surface area contributed by atoms with E-state index in [4.69, 9.17) is 0 Å². The highest BCUT2D eigenvalue weighted by molar-refractivity contribution is 7.92. The zero-order valence-electron chi connectivity index (χ0n) is 13.2. The first-order valence-electron chi connectivity index (χ1n) is 7.62. The van der Waals surface area contributed by atoms with E-state index in [1.807, 2.05) is 0 Å². The maximum atomic E-state index is 12.2. The lowest BCUT2D eigenvalue weighted by Crippen LogP contribution is -2.45. The zero-order valence-corrected chi connectivity index (χ0v) is 14.8. The molecule has 1 aliphatic rings. The first kappa shape index (κ1) is 19.7. The van der Waals surface area contributed by atoms with Crippen LogP contribution in [0.25, 0.3) is 0 Å². The minimum absolute atomic E-state index is 0. The molecule has 1 aromatic rings. The van der Waals surface area contributed by atoms with Crippen molar-refractivity contribution in [2.24, 2.45) is 0 Å². The lowest BCUT2D eigenvalue weighted by molar-refractivity contribution is 0.0930. The Morgan fingerprint density at radius 3 is 2.83 bits per heavy atom. The first-order chi connectivity index (χ1) is 10.5. The molecule has 1 aromatic carbocycles. The highest BCUT2D eigenvalue weighted by atomic mass is 35.5. The molecule has 0 spiro atoms. The molecule has 6 nitrogen and oxygen atoms in total. The maximum absolute atomic E-state index is 12.2. The molecule has 23 heavy (non-hydrogen) atoms. The van der Waals surface area contributed by atoms with Crippen LogP contribution in [-0.2, 0) is 10.0 Å². The molecule has 0 unspecified atom stereocenters. The van der Waals surface area contributed by atoms with Crippen LogP contribution < -0.4 is 15.4 Å². The van der Waals surface area contributed by atoms with E-state index in [-0.39, 0.29) is 30.1 Å². The largest absolute Gasteiger partial charge is 0.348 e. The molecule has 3 N–H and O–H groups in total. The van der Waals surface area contributed by atoms with Crippen LogP contribution in [0.15, 0.2) is 24.3 Å². The lowest BCUT2D eigenvalue weighted by atomic mass is 10.1. The van der Waals surface area contributed by atoms with Crippen molar-refractivity contribution >= 4 is 34.0 Å². The molecule has 2 rings (SSSR count). The zero-order chi connectivity index (χ0) is 16.0. The van der Waals surface area contributed by atoms with E-state index in [1.165, 1.54) is 0 Å². The lowest BCUT2D eigenvalue weighted by Gasteiger charge is -2.23. The third-order valence-corrected chi connectivity index (χ3v) is 5.00. The number of anilines is 1. The van der Waals surface area contributed by atoms with Gasteiger partial charge in [-0.3, -0.25) is 9.52 Å². The summed E-state index contributed by atoms with van der Waals surface area (Å²) < 4.78 is 26.1. The number of nitrogens with one attached hydrogen (secondary N) is 3. The molecule has 0 aliphatic carbocycles. The second-order valence-electron chi connectivity index (χ2n) is 5.52. The third-order valence-electron chi connectivity index (χ3n) is 3.50.